The average Bonchev–Trinajstić information content (AvgIpc) is 3.02. The molecule has 0 spiro atoms. The predicted octanol–water partition coefficient (Wildman–Crippen LogP) is 4.00. The smallest absolute Gasteiger partial charge is 0.303 e. The van der Waals surface area contributed by atoms with E-state index < -0.39 is 5.97 Å². The Morgan fingerprint density at radius 2 is 1.69 bits per heavy atom. The molecule has 6 nitrogen and oxygen atoms in total. The third-order valence-corrected chi connectivity index (χ3v) is 6.98. The summed E-state index contributed by atoms with van der Waals surface area (Å²) in [5.41, 5.74) is 2.28. The van der Waals surface area contributed by atoms with E-state index in [9.17, 15) is 14.7 Å². The molecule has 2 fully saturated rings. The molecule has 3 atom stereocenters. The Morgan fingerprint density at radius 1 is 0.969 bits per heavy atom. The van der Waals surface area contributed by atoms with Crippen molar-refractivity contribution in [3.8, 4) is 5.75 Å². The maximum absolute atomic E-state index is 12.8. The second-order valence-corrected chi connectivity index (χ2v) is 9.08. The number of fused-ring (bicyclic) bond motifs is 2. The first kappa shape index (κ1) is 22.3. The van der Waals surface area contributed by atoms with Crippen molar-refractivity contribution >= 4 is 11.9 Å². The van der Waals surface area contributed by atoms with Crippen molar-refractivity contribution in [3.05, 3.63) is 65.7 Å². The topological polar surface area (TPSA) is 81.1 Å². The largest absolute Gasteiger partial charge is 0.508 e. The molecule has 2 aliphatic rings. The van der Waals surface area contributed by atoms with Crippen LogP contribution >= 0.6 is 0 Å². The molecule has 2 bridgehead atoms. The number of nitrogens with zero attached hydrogens (tertiary/aromatic N) is 2. The lowest BCUT2D eigenvalue weighted by atomic mass is 9.85. The van der Waals surface area contributed by atoms with Crippen LogP contribution in [0.3, 0.4) is 0 Å². The molecule has 0 aromatic heterocycles. The molecule has 1 unspecified atom stereocenters. The van der Waals surface area contributed by atoms with Gasteiger partial charge in [-0.15, -0.1) is 0 Å². The normalized spacial score (nSPS) is 22.6. The monoisotopic (exact) mass is 436 g/mol. The molecule has 2 aromatic carbocycles. The minimum absolute atomic E-state index is 0.0363. The van der Waals surface area contributed by atoms with Crippen molar-refractivity contribution in [1.82, 2.24) is 9.80 Å². The summed E-state index contributed by atoms with van der Waals surface area (Å²) in [4.78, 5) is 28.1. The Balaban J connectivity index is 1.39. The number of aliphatic carboxylic acids is 1. The van der Waals surface area contributed by atoms with Crippen LogP contribution in [-0.4, -0.2) is 57.1 Å². The van der Waals surface area contributed by atoms with Crippen LogP contribution in [0.5, 0.6) is 5.75 Å². The molecule has 32 heavy (non-hydrogen) atoms. The lowest BCUT2D eigenvalue weighted by molar-refractivity contribution is -0.141. The van der Waals surface area contributed by atoms with Crippen molar-refractivity contribution in [3.63, 3.8) is 0 Å². The first-order chi connectivity index (χ1) is 15.5. The summed E-state index contributed by atoms with van der Waals surface area (Å²) in [5, 5.41) is 18.8. The van der Waals surface area contributed by atoms with Crippen molar-refractivity contribution < 1.29 is 19.8 Å². The lowest BCUT2D eigenvalue weighted by Gasteiger charge is -2.40. The van der Waals surface area contributed by atoms with E-state index in [1.807, 2.05) is 47.4 Å². The van der Waals surface area contributed by atoms with E-state index in [2.05, 4.69) is 11.0 Å². The van der Waals surface area contributed by atoms with E-state index in [1.54, 1.807) is 6.07 Å². The summed E-state index contributed by atoms with van der Waals surface area (Å²) in [5.74, 6) is -0.245. The second kappa shape index (κ2) is 10.2. The number of carbonyl (C=O) groups excluding carboxylic acids is 1. The first-order valence-corrected chi connectivity index (χ1v) is 11.6. The number of phenolic OH excluding ortho intramolecular Hbond substituents is 1. The van der Waals surface area contributed by atoms with Crippen LogP contribution < -0.4 is 0 Å². The van der Waals surface area contributed by atoms with Crippen molar-refractivity contribution in [2.24, 2.45) is 0 Å². The summed E-state index contributed by atoms with van der Waals surface area (Å²) in [6.45, 7) is 1.93. The van der Waals surface area contributed by atoms with Crippen molar-refractivity contribution in [1.29, 1.82) is 0 Å². The number of hydrogen-bond donors (Lipinski definition) is 2. The fourth-order valence-electron chi connectivity index (χ4n) is 5.39. The predicted molar refractivity (Wildman–Crippen MR) is 122 cm³/mol. The molecule has 2 saturated heterocycles. The van der Waals surface area contributed by atoms with Gasteiger partial charge in [-0.3, -0.25) is 14.5 Å². The molecule has 6 heteroatoms. The molecule has 170 valence electrons. The van der Waals surface area contributed by atoms with Gasteiger partial charge in [0, 0.05) is 38.1 Å². The number of amides is 1. The minimum Gasteiger partial charge on any atom is -0.508 e. The Morgan fingerprint density at radius 3 is 2.34 bits per heavy atom. The van der Waals surface area contributed by atoms with Gasteiger partial charge in [0.25, 0.3) is 0 Å². The highest BCUT2D eigenvalue weighted by atomic mass is 16.4. The van der Waals surface area contributed by atoms with Crippen LogP contribution in [-0.2, 0) is 16.1 Å². The molecule has 0 radical (unpaired) electrons. The molecule has 2 aromatic rings. The summed E-state index contributed by atoms with van der Waals surface area (Å²) in [7, 11) is 0. The van der Waals surface area contributed by atoms with E-state index in [4.69, 9.17) is 5.11 Å². The number of piperidine rings is 1. The third kappa shape index (κ3) is 5.49. The second-order valence-electron chi connectivity index (χ2n) is 9.08. The Bertz CT molecular complexity index is 918. The Kier molecular flexibility index (Phi) is 7.10. The molecule has 0 saturated carbocycles. The quantitative estimate of drug-likeness (QED) is 0.621. The van der Waals surface area contributed by atoms with Gasteiger partial charge in [0.05, 0.1) is 6.42 Å². The van der Waals surface area contributed by atoms with E-state index in [0.29, 0.717) is 36.8 Å². The number of carboxylic acids is 1. The molecular formula is C26H32N2O4. The zero-order valence-electron chi connectivity index (χ0n) is 18.4. The Labute approximate surface area is 189 Å². The highest BCUT2D eigenvalue weighted by Crippen LogP contribution is 2.43. The number of carboxylic acid groups (broad SMARTS) is 1. The van der Waals surface area contributed by atoms with Gasteiger partial charge < -0.3 is 15.1 Å². The summed E-state index contributed by atoms with van der Waals surface area (Å²) in [6, 6.07) is 18.5. The Hall–Kier alpha value is -2.86. The van der Waals surface area contributed by atoms with Crippen LogP contribution in [0, 0.1) is 0 Å². The molecule has 1 amide bonds. The van der Waals surface area contributed by atoms with E-state index in [1.165, 1.54) is 18.4 Å². The molecule has 2 heterocycles. The van der Waals surface area contributed by atoms with Crippen molar-refractivity contribution in [2.75, 3.05) is 13.1 Å². The van der Waals surface area contributed by atoms with Gasteiger partial charge >= 0.3 is 5.97 Å². The van der Waals surface area contributed by atoms with Crippen LogP contribution in [0.25, 0.3) is 0 Å². The first-order valence-electron chi connectivity index (χ1n) is 11.6. The van der Waals surface area contributed by atoms with E-state index in [-0.39, 0.29) is 18.7 Å². The minimum atomic E-state index is -0.940. The number of benzene rings is 2. The fraction of sp³-hybridized carbons (Fsp3) is 0.462. The molecule has 0 aliphatic carbocycles. The molecule has 2 N–H and O–H groups in total. The van der Waals surface area contributed by atoms with Crippen LogP contribution in [0.1, 0.15) is 55.6 Å². The summed E-state index contributed by atoms with van der Waals surface area (Å²) >= 11 is 0. The van der Waals surface area contributed by atoms with Gasteiger partial charge in [0.1, 0.15) is 5.75 Å². The number of hydrogen-bond acceptors (Lipinski definition) is 4. The highest BCUT2D eigenvalue weighted by Gasteiger charge is 2.41. The van der Waals surface area contributed by atoms with E-state index >= 15 is 0 Å². The van der Waals surface area contributed by atoms with Gasteiger partial charge in [0.15, 0.2) is 0 Å². The molecular weight excluding hydrogens is 404 g/mol. The molecule has 4 rings (SSSR count). The number of carbonyl (C=O) groups is 2. The number of phenols is 1. The van der Waals surface area contributed by atoms with Gasteiger partial charge in [0.2, 0.25) is 5.91 Å². The zero-order chi connectivity index (χ0) is 22.5. The third-order valence-electron chi connectivity index (χ3n) is 6.98. The number of aromatic hydroxyl groups is 1. The maximum Gasteiger partial charge on any atom is 0.303 e. The van der Waals surface area contributed by atoms with Gasteiger partial charge in [-0.25, -0.2) is 0 Å². The van der Waals surface area contributed by atoms with Gasteiger partial charge in [-0.1, -0.05) is 42.5 Å². The summed E-state index contributed by atoms with van der Waals surface area (Å²) < 4.78 is 0. The highest BCUT2D eigenvalue weighted by molar-refractivity contribution is 5.80. The average molecular weight is 437 g/mol. The standard InChI is InChI=1S/C26H32N2O4/c29-24-8-4-7-20(17-24)21-15-22-9-10-23(16-21)28(22)14-13-27(25(30)11-12-26(31)32)18-19-5-2-1-3-6-19/h1-8,17,21-23,29H,9-16,18H2,(H,31,32)/t21?,22-,23+. The van der Waals surface area contributed by atoms with Crippen molar-refractivity contribution in [2.45, 2.75) is 63.1 Å². The van der Waals surface area contributed by atoms with Gasteiger partial charge in [-0.2, -0.15) is 0 Å². The van der Waals surface area contributed by atoms with Crippen LogP contribution in [0.4, 0.5) is 0 Å². The SMILES string of the molecule is O=C(O)CCC(=O)N(CCN1[C@@H]2CC[C@H]1CC(c1cccc(O)c1)C2)Cc1ccccc1. The number of rotatable bonds is 9. The molecule has 2 aliphatic heterocycles. The van der Waals surface area contributed by atoms with Crippen LogP contribution in [0.2, 0.25) is 0 Å². The van der Waals surface area contributed by atoms with E-state index in [0.717, 1.165) is 24.9 Å². The lowest BCUT2D eigenvalue weighted by Crippen LogP contribution is -2.46. The fourth-order valence-corrected chi connectivity index (χ4v) is 5.39. The zero-order valence-corrected chi connectivity index (χ0v) is 18.4. The van der Waals surface area contributed by atoms with Crippen LogP contribution in [0.15, 0.2) is 54.6 Å². The maximum atomic E-state index is 12.8. The van der Waals surface area contributed by atoms with Gasteiger partial charge in [-0.05, 0) is 54.9 Å². The summed E-state index contributed by atoms with van der Waals surface area (Å²) in [6.07, 6.45) is 4.40.